The molecular formula is C25H26N2O3. The fraction of sp³-hybridized carbons (Fsp3) is 0.320. The first-order valence-corrected chi connectivity index (χ1v) is 10.4. The van der Waals surface area contributed by atoms with Gasteiger partial charge in [-0.3, -0.25) is 4.79 Å². The molecule has 0 saturated carbocycles. The van der Waals surface area contributed by atoms with E-state index in [0.717, 1.165) is 53.7 Å². The minimum atomic E-state index is -0.813. The summed E-state index contributed by atoms with van der Waals surface area (Å²) in [6.07, 6.45) is 1.19. The van der Waals surface area contributed by atoms with Crippen molar-refractivity contribution in [2.24, 2.45) is 0 Å². The van der Waals surface area contributed by atoms with Crippen LogP contribution in [0.4, 0.5) is 0 Å². The zero-order valence-corrected chi connectivity index (χ0v) is 17.6. The molecule has 0 aliphatic carbocycles. The van der Waals surface area contributed by atoms with Gasteiger partial charge in [0.2, 0.25) is 0 Å². The molecule has 2 aromatic carbocycles. The Kier molecular flexibility index (Phi) is 5.53. The molecule has 0 radical (unpaired) electrons. The van der Waals surface area contributed by atoms with Gasteiger partial charge in [0, 0.05) is 24.0 Å². The maximum atomic E-state index is 13.1. The first-order chi connectivity index (χ1) is 14.4. The van der Waals surface area contributed by atoms with Crippen LogP contribution in [0.25, 0.3) is 22.2 Å². The fourth-order valence-electron chi connectivity index (χ4n) is 4.05. The summed E-state index contributed by atoms with van der Waals surface area (Å²) in [4.78, 5) is 32.2. The lowest BCUT2D eigenvalue weighted by atomic mass is 9.99. The van der Waals surface area contributed by atoms with Crippen LogP contribution in [-0.2, 0) is 9.53 Å². The van der Waals surface area contributed by atoms with Gasteiger partial charge in [-0.05, 0) is 51.3 Å². The summed E-state index contributed by atoms with van der Waals surface area (Å²) >= 11 is 0. The van der Waals surface area contributed by atoms with Crippen LogP contribution in [0.2, 0.25) is 0 Å². The highest BCUT2D eigenvalue weighted by molar-refractivity contribution is 6.05. The number of ether oxygens (including phenoxy) is 1. The molecule has 1 unspecified atom stereocenters. The number of likely N-dealkylation sites (tertiary alicyclic amines) is 1. The molecule has 0 bridgehead atoms. The van der Waals surface area contributed by atoms with Crippen LogP contribution in [0.3, 0.4) is 0 Å². The molecule has 1 aliphatic heterocycles. The van der Waals surface area contributed by atoms with E-state index >= 15 is 0 Å². The Morgan fingerprint density at radius 3 is 2.50 bits per heavy atom. The number of hydrogen-bond donors (Lipinski definition) is 0. The smallest absolute Gasteiger partial charge is 0.339 e. The Hall–Kier alpha value is -3.21. The van der Waals surface area contributed by atoms with Crippen molar-refractivity contribution in [1.82, 2.24) is 9.88 Å². The molecule has 1 fully saturated rings. The van der Waals surface area contributed by atoms with E-state index in [1.807, 2.05) is 50.2 Å². The van der Waals surface area contributed by atoms with Crippen molar-refractivity contribution in [1.29, 1.82) is 0 Å². The van der Waals surface area contributed by atoms with E-state index in [9.17, 15) is 9.59 Å². The Balaban J connectivity index is 1.70. The molecule has 5 nitrogen and oxygen atoms in total. The third-order valence-corrected chi connectivity index (χ3v) is 5.64. The van der Waals surface area contributed by atoms with E-state index in [-0.39, 0.29) is 5.91 Å². The molecule has 1 saturated heterocycles. The number of carbonyl (C=O) groups excluding carboxylic acids is 2. The SMILES string of the molecule is Cc1ccc(-c2cc(C(=O)OC(C)C(=O)N3CCCC3)c3ccccc3n2)c(C)c1. The van der Waals surface area contributed by atoms with Gasteiger partial charge >= 0.3 is 5.97 Å². The summed E-state index contributed by atoms with van der Waals surface area (Å²) in [7, 11) is 0. The molecule has 3 aromatic rings. The number of fused-ring (bicyclic) bond motifs is 1. The van der Waals surface area contributed by atoms with E-state index in [1.54, 1.807) is 17.9 Å². The number of aryl methyl sites for hydroxylation is 2. The highest BCUT2D eigenvalue weighted by atomic mass is 16.5. The maximum absolute atomic E-state index is 13.1. The largest absolute Gasteiger partial charge is 0.449 e. The van der Waals surface area contributed by atoms with E-state index in [0.29, 0.717) is 5.56 Å². The van der Waals surface area contributed by atoms with Gasteiger partial charge in [0.15, 0.2) is 6.10 Å². The van der Waals surface area contributed by atoms with Gasteiger partial charge in [0.05, 0.1) is 16.8 Å². The van der Waals surface area contributed by atoms with Crippen LogP contribution in [0.15, 0.2) is 48.5 Å². The molecule has 154 valence electrons. The summed E-state index contributed by atoms with van der Waals surface area (Å²) in [5, 5.41) is 0.719. The number of rotatable bonds is 4. The molecule has 1 atom stereocenters. The predicted octanol–water partition coefficient (Wildman–Crippen LogP) is 4.69. The zero-order chi connectivity index (χ0) is 21.3. The van der Waals surface area contributed by atoms with Crippen molar-refractivity contribution in [2.45, 2.75) is 39.7 Å². The first kappa shape index (κ1) is 20.1. The quantitative estimate of drug-likeness (QED) is 0.594. The number of benzene rings is 2. The third-order valence-electron chi connectivity index (χ3n) is 5.64. The molecule has 1 amide bonds. The molecule has 2 heterocycles. The van der Waals surface area contributed by atoms with Crippen LogP contribution in [-0.4, -0.2) is 41.0 Å². The van der Waals surface area contributed by atoms with Gasteiger partial charge in [-0.1, -0.05) is 42.0 Å². The lowest BCUT2D eigenvalue weighted by Crippen LogP contribution is -2.38. The Morgan fingerprint density at radius 2 is 1.77 bits per heavy atom. The number of amides is 1. The number of hydrogen-bond acceptors (Lipinski definition) is 4. The number of nitrogens with zero attached hydrogens (tertiary/aromatic N) is 2. The molecule has 0 N–H and O–H groups in total. The van der Waals surface area contributed by atoms with Crippen LogP contribution in [0.1, 0.15) is 41.3 Å². The molecule has 30 heavy (non-hydrogen) atoms. The number of carbonyl (C=O) groups is 2. The van der Waals surface area contributed by atoms with Gasteiger partial charge in [-0.2, -0.15) is 0 Å². The number of para-hydroxylation sites is 1. The number of aromatic nitrogens is 1. The monoisotopic (exact) mass is 402 g/mol. The molecule has 4 rings (SSSR count). The standard InChI is InChI=1S/C25H26N2O3/c1-16-10-11-19(17(2)14-16)23-15-21(20-8-4-5-9-22(20)26-23)25(29)30-18(3)24(28)27-12-6-7-13-27/h4-5,8-11,14-15,18H,6-7,12-13H2,1-3H3. The van der Waals surface area contributed by atoms with Crippen molar-refractivity contribution in [2.75, 3.05) is 13.1 Å². The predicted molar refractivity (Wildman–Crippen MR) is 117 cm³/mol. The highest BCUT2D eigenvalue weighted by Gasteiger charge is 2.27. The summed E-state index contributed by atoms with van der Waals surface area (Å²) in [6, 6.07) is 15.4. The minimum Gasteiger partial charge on any atom is -0.449 e. The topological polar surface area (TPSA) is 59.5 Å². The zero-order valence-electron chi connectivity index (χ0n) is 17.6. The van der Waals surface area contributed by atoms with Crippen LogP contribution in [0.5, 0.6) is 0 Å². The molecule has 5 heteroatoms. The average Bonchev–Trinajstić information content (AvgIpc) is 3.27. The normalized spacial score (nSPS) is 14.7. The second kappa shape index (κ2) is 8.27. The summed E-state index contributed by atoms with van der Waals surface area (Å²) in [5.41, 5.74) is 5.11. The molecule has 0 spiro atoms. The molecular weight excluding hydrogens is 376 g/mol. The average molecular weight is 402 g/mol. The van der Waals surface area contributed by atoms with Crippen molar-refractivity contribution < 1.29 is 14.3 Å². The first-order valence-electron chi connectivity index (χ1n) is 10.4. The van der Waals surface area contributed by atoms with Gasteiger partial charge in [0.25, 0.3) is 5.91 Å². The van der Waals surface area contributed by atoms with Gasteiger partial charge in [-0.25, -0.2) is 9.78 Å². The lowest BCUT2D eigenvalue weighted by Gasteiger charge is -2.20. The molecule has 1 aromatic heterocycles. The highest BCUT2D eigenvalue weighted by Crippen LogP contribution is 2.28. The summed E-state index contributed by atoms with van der Waals surface area (Å²) < 4.78 is 5.60. The van der Waals surface area contributed by atoms with Crippen LogP contribution >= 0.6 is 0 Å². The van der Waals surface area contributed by atoms with Crippen LogP contribution < -0.4 is 0 Å². The van der Waals surface area contributed by atoms with Gasteiger partial charge < -0.3 is 9.64 Å². The van der Waals surface area contributed by atoms with E-state index in [2.05, 4.69) is 6.07 Å². The van der Waals surface area contributed by atoms with Crippen molar-refractivity contribution >= 4 is 22.8 Å². The number of pyridine rings is 1. The van der Waals surface area contributed by atoms with Crippen molar-refractivity contribution in [3.05, 3.63) is 65.2 Å². The Bertz CT molecular complexity index is 1120. The third kappa shape index (κ3) is 3.92. The van der Waals surface area contributed by atoms with E-state index < -0.39 is 12.1 Å². The Morgan fingerprint density at radius 1 is 1.03 bits per heavy atom. The second-order valence-corrected chi connectivity index (χ2v) is 7.97. The minimum absolute atomic E-state index is 0.131. The van der Waals surface area contributed by atoms with E-state index in [4.69, 9.17) is 9.72 Å². The Labute approximate surface area is 176 Å². The number of esters is 1. The van der Waals surface area contributed by atoms with Crippen LogP contribution in [0, 0.1) is 13.8 Å². The van der Waals surface area contributed by atoms with Crippen molar-refractivity contribution in [3.63, 3.8) is 0 Å². The summed E-state index contributed by atoms with van der Waals surface area (Å²) in [6.45, 7) is 7.19. The van der Waals surface area contributed by atoms with Crippen molar-refractivity contribution in [3.8, 4) is 11.3 Å². The summed E-state index contributed by atoms with van der Waals surface area (Å²) in [5.74, 6) is -0.631. The molecule has 1 aliphatic rings. The lowest BCUT2D eigenvalue weighted by molar-refractivity contribution is -0.138. The second-order valence-electron chi connectivity index (χ2n) is 7.97. The fourth-order valence-corrected chi connectivity index (χ4v) is 4.05. The van der Waals surface area contributed by atoms with E-state index in [1.165, 1.54) is 5.56 Å². The maximum Gasteiger partial charge on any atom is 0.339 e. The van der Waals surface area contributed by atoms with Gasteiger partial charge in [0.1, 0.15) is 0 Å². The van der Waals surface area contributed by atoms with Gasteiger partial charge in [-0.15, -0.1) is 0 Å².